The van der Waals surface area contributed by atoms with E-state index in [-0.39, 0.29) is 0 Å². The molecule has 2 nitrogen and oxygen atoms in total. The minimum atomic E-state index is 0.710. The van der Waals surface area contributed by atoms with Crippen LogP contribution in [0.4, 0.5) is 0 Å². The van der Waals surface area contributed by atoms with Crippen molar-refractivity contribution in [2.45, 2.75) is 44.8 Å². The van der Waals surface area contributed by atoms with Crippen LogP contribution in [-0.2, 0) is 11.3 Å². The molecule has 1 N–H and O–H groups in total. The van der Waals surface area contributed by atoms with Crippen molar-refractivity contribution in [1.82, 2.24) is 5.32 Å². The van der Waals surface area contributed by atoms with Crippen LogP contribution >= 0.6 is 15.9 Å². The quantitative estimate of drug-likeness (QED) is 0.699. The maximum Gasteiger partial charge on any atom is 0.0727 e. The molecule has 1 aliphatic carbocycles. The fourth-order valence-electron chi connectivity index (χ4n) is 1.90. The Hall–Kier alpha value is -0.380. The molecular formula is C15H22BrNO. The Morgan fingerprint density at radius 2 is 2.00 bits per heavy atom. The van der Waals surface area contributed by atoms with Crippen molar-refractivity contribution in [3.8, 4) is 0 Å². The molecule has 0 heterocycles. The number of unbranched alkanes of at least 4 members (excludes halogenated alkanes) is 2. The summed E-state index contributed by atoms with van der Waals surface area (Å²) in [6.45, 7) is 2.75. The van der Waals surface area contributed by atoms with E-state index < -0.39 is 0 Å². The predicted molar refractivity (Wildman–Crippen MR) is 78.7 cm³/mol. The lowest BCUT2D eigenvalue weighted by Crippen LogP contribution is -2.17. The van der Waals surface area contributed by atoms with Crippen LogP contribution in [0.5, 0.6) is 0 Å². The van der Waals surface area contributed by atoms with Gasteiger partial charge in [-0.25, -0.2) is 0 Å². The summed E-state index contributed by atoms with van der Waals surface area (Å²) in [4.78, 5) is 0. The Balaban J connectivity index is 1.44. The molecule has 0 aromatic heterocycles. The summed E-state index contributed by atoms with van der Waals surface area (Å²) in [5.74, 6) is 0. The molecule has 0 aliphatic heterocycles. The Morgan fingerprint density at radius 1 is 1.17 bits per heavy atom. The Labute approximate surface area is 118 Å². The van der Waals surface area contributed by atoms with Crippen LogP contribution in [0.2, 0.25) is 0 Å². The zero-order valence-electron chi connectivity index (χ0n) is 10.8. The first-order valence-corrected chi connectivity index (χ1v) is 7.70. The molecule has 0 unspecified atom stereocenters. The van der Waals surface area contributed by atoms with Crippen molar-refractivity contribution >= 4 is 15.9 Å². The number of benzene rings is 1. The second-order valence-corrected chi connectivity index (χ2v) is 5.79. The Kier molecular flexibility index (Phi) is 6.18. The van der Waals surface area contributed by atoms with E-state index in [0.29, 0.717) is 6.61 Å². The molecule has 18 heavy (non-hydrogen) atoms. The normalized spacial score (nSPS) is 14.9. The van der Waals surface area contributed by atoms with Gasteiger partial charge < -0.3 is 10.1 Å². The second kappa shape index (κ2) is 7.93. The van der Waals surface area contributed by atoms with E-state index in [1.54, 1.807) is 0 Å². The van der Waals surface area contributed by atoms with Crippen LogP contribution in [-0.4, -0.2) is 19.2 Å². The third-order valence-corrected chi connectivity index (χ3v) is 3.96. The van der Waals surface area contributed by atoms with Gasteiger partial charge in [0.05, 0.1) is 6.61 Å². The van der Waals surface area contributed by atoms with Gasteiger partial charge in [-0.2, -0.15) is 0 Å². The lowest BCUT2D eigenvalue weighted by molar-refractivity contribution is 0.116. The molecule has 0 amide bonds. The fourth-order valence-corrected chi connectivity index (χ4v) is 2.30. The summed E-state index contributed by atoms with van der Waals surface area (Å²) >= 11 is 3.53. The second-order valence-electron chi connectivity index (χ2n) is 4.93. The van der Waals surface area contributed by atoms with Crippen molar-refractivity contribution in [1.29, 1.82) is 0 Å². The molecule has 1 aromatic carbocycles. The maximum absolute atomic E-state index is 5.69. The zero-order chi connectivity index (χ0) is 12.6. The van der Waals surface area contributed by atoms with Gasteiger partial charge >= 0.3 is 0 Å². The summed E-state index contributed by atoms with van der Waals surface area (Å²) in [6.07, 6.45) is 6.46. The number of hydrogen-bond acceptors (Lipinski definition) is 2. The van der Waals surface area contributed by atoms with Gasteiger partial charge in [-0.3, -0.25) is 0 Å². The average molecular weight is 312 g/mol. The van der Waals surface area contributed by atoms with E-state index in [4.69, 9.17) is 4.74 Å². The van der Waals surface area contributed by atoms with E-state index in [1.165, 1.54) is 37.8 Å². The number of halogens is 1. The standard InChI is InChI=1S/C15H22BrNO/c16-15-7-3-2-6-13(15)12-18-11-5-1-4-10-17-14-8-9-14/h2-3,6-7,14,17H,1,4-5,8-12H2. The molecule has 1 aromatic rings. The topological polar surface area (TPSA) is 21.3 Å². The SMILES string of the molecule is Brc1ccccc1COCCCCCNC1CC1. The van der Waals surface area contributed by atoms with Crippen LogP contribution in [0.25, 0.3) is 0 Å². The van der Waals surface area contributed by atoms with Crippen molar-refractivity contribution in [2.75, 3.05) is 13.2 Å². The molecule has 1 fully saturated rings. The molecule has 0 spiro atoms. The smallest absolute Gasteiger partial charge is 0.0727 e. The number of ether oxygens (including phenoxy) is 1. The number of nitrogens with one attached hydrogen (secondary N) is 1. The van der Waals surface area contributed by atoms with E-state index in [0.717, 1.165) is 23.5 Å². The van der Waals surface area contributed by atoms with Crippen molar-refractivity contribution in [3.05, 3.63) is 34.3 Å². The summed E-state index contributed by atoms with van der Waals surface area (Å²) in [7, 11) is 0. The average Bonchev–Trinajstić information content (AvgIpc) is 3.19. The minimum absolute atomic E-state index is 0.710. The molecule has 0 bridgehead atoms. The van der Waals surface area contributed by atoms with Gasteiger partial charge in [0.1, 0.15) is 0 Å². The van der Waals surface area contributed by atoms with E-state index in [9.17, 15) is 0 Å². The number of hydrogen-bond donors (Lipinski definition) is 1. The monoisotopic (exact) mass is 311 g/mol. The molecule has 1 saturated carbocycles. The van der Waals surface area contributed by atoms with Crippen LogP contribution in [0.15, 0.2) is 28.7 Å². The van der Waals surface area contributed by atoms with Crippen LogP contribution in [0, 0.1) is 0 Å². The Bertz CT molecular complexity index is 352. The predicted octanol–water partition coefficient (Wildman–Crippen LogP) is 3.89. The third kappa shape index (κ3) is 5.51. The summed E-state index contributed by atoms with van der Waals surface area (Å²) in [6, 6.07) is 9.08. The first kappa shape index (κ1) is 14.0. The highest BCUT2D eigenvalue weighted by atomic mass is 79.9. The fraction of sp³-hybridized carbons (Fsp3) is 0.600. The summed E-state index contributed by atoms with van der Waals surface area (Å²) in [5, 5.41) is 3.53. The van der Waals surface area contributed by atoms with Gasteiger partial charge in [0, 0.05) is 17.1 Å². The highest BCUT2D eigenvalue weighted by Gasteiger charge is 2.19. The van der Waals surface area contributed by atoms with Crippen LogP contribution < -0.4 is 5.32 Å². The third-order valence-electron chi connectivity index (χ3n) is 3.19. The van der Waals surface area contributed by atoms with Gasteiger partial charge in [-0.05, 0) is 50.3 Å². The van der Waals surface area contributed by atoms with Crippen LogP contribution in [0.1, 0.15) is 37.7 Å². The Morgan fingerprint density at radius 3 is 2.78 bits per heavy atom. The molecule has 0 radical (unpaired) electrons. The van der Waals surface area contributed by atoms with E-state index in [1.807, 2.05) is 12.1 Å². The first-order chi connectivity index (χ1) is 8.86. The molecule has 2 rings (SSSR count). The van der Waals surface area contributed by atoms with Crippen LogP contribution in [0.3, 0.4) is 0 Å². The highest BCUT2D eigenvalue weighted by Crippen LogP contribution is 2.18. The largest absolute Gasteiger partial charge is 0.377 e. The lowest BCUT2D eigenvalue weighted by Gasteiger charge is -2.06. The number of rotatable bonds is 9. The molecule has 0 atom stereocenters. The summed E-state index contributed by atoms with van der Waals surface area (Å²) in [5.41, 5.74) is 1.23. The van der Waals surface area contributed by atoms with Gasteiger partial charge in [-0.15, -0.1) is 0 Å². The molecule has 3 heteroatoms. The van der Waals surface area contributed by atoms with E-state index in [2.05, 4.69) is 33.4 Å². The van der Waals surface area contributed by atoms with Crippen molar-refractivity contribution in [3.63, 3.8) is 0 Å². The molecule has 1 aliphatic rings. The van der Waals surface area contributed by atoms with Crippen molar-refractivity contribution < 1.29 is 4.74 Å². The van der Waals surface area contributed by atoms with E-state index >= 15 is 0 Å². The van der Waals surface area contributed by atoms with Gasteiger partial charge in [0.15, 0.2) is 0 Å². The molecule has 100 valence electrons. The van der Waals surface area contributed by atoms with Gasteiger partial charge in [0.2, 0.25) is 0 Å². The minimum Gasteiger partial charge on any atom is -0.377 e. The summed E-state index contributed by atoms with van der Waals surface area (Å²) < 4.78 is 6.83. The first-order valence-electron chi connectivity index (χ1n) is 6.91. The lowest BCUT2D eigenvalue weighted by atomic mass is 10.2. The van der Waals surface area contributed by atoms with Crippen molar-refractivity contribution in [2.24, 2.45) is 0 Å². The maximum atomic E-state index is 5.69. The zero-order valence-corrected chi connectivity index (χ0v) is 12.4. The molecule has 0 saturated heterocycles. The van der Waals surface area contributed by atoms with Gasteiger partial charge in [0.25, 0.3) is 0 Å². The molecular weight excluding hydrogens is 290 g/mol. The highest BCUT2D eigenvalue weighted by molar-refractivity contribution is 9.10. The van der Waals surface area contributed by atoms with Gasteiger partial charge in [-0.1, -0.05) is 34.1 Å².